The molecule has 0 aromatic heterocycles. The molecule has 0 saturated heterocycles. The fourth-order valence-corrected chi connectivity index (χ4v) is 14.4. The molecule has 26 heteroatoms. The Morgan fingerprint density at radius 2 is 0.486 bits per heavy atom. The van der Waals surface area contributed by atoms with Crippen LogP contribution in [0.15, 0.2) is 0 Å². The first-order valence-electron chi connectivity index (χ1n) is 44.6. The van der Waals surface area contributed by atoms with Crippen molar-refractivity contribution < 1.29 is 153 Å². The second kappa shape index (κ2) is 85.4. The quantitative estimate of drug-likeness (QED) is 0.0143. The Morgan fingerprint density at radius 1 is 0.270 bits per heavy atom. The number of phosphoric ester groups is 2. The van der Waals surface area contributed by atoms with Gasteiger partial charge in [0, 0.05) is 51.6 Å². The topological polar surface area (TPSA) is 299 Å². The van der Waals surface area contributed by atoms with Gasteiger partial charge in [-0.25, -0.2) is 0 Å². The van der Waals surface area contributed by atoms with Gasteiger partial charge in [-0.3, -0.25) is 37.9 Å². The predicted octanol–water partition coefficient (Wildman–Crippen LogP) is 15.0. The van der Waals surface area contributed by atoms with Gasteiger partial charge in [0.25, 0.3) is 15.6 Å². The van der Waals surface area contributed by atoms with E-state index < -0.39 is 84.5 Å². The Bertz CT molecular complexity index is 2080. The molecule has 4 unspecified atom stereocenters. The Labute approximate surface area is 720 Å². The number of hydrogen-bond acceptors (Lipinski definition) is 20. The summed E-state index contributed by atoms with van der Waals surface area (Å²) in [5.74, 6) is -3.06. The van der Waals surface area contributed by atoms with Crippen molar-refractivity contribution in [2.75, 3.05) is 65.9 Å². The zero-order chi connectivity index (χ0) is 80.0. The average Bonchev–Trinajstić information content (AvgIpc) is 0.922. The molecule has 0 aliphatic heterocycles. The van der Waals surface area contributed by atoms with Crippen molar-refractivity contribution in [2.45, 2.75) is 445 Å². The molecular weight excluding hydrogens is 1480 g/mol. The van der Waals surface area contributed by atoms with Gasteiger partial charge in [-0.05, 0) is 51.4 Å². The molecule has 22 nitrogen and oxygen atoms in total. The Kier molecular flexibility index (Phi) is 87.8. The number of phosphoric acid groups is 2. The number of amides is 2. The van der Waals surface area contributed by atoms with Crippen molar-refractivity contribution in [3.05, 3.63) is 0 Å². The van der Waals surface area contributed by atoms with E-state index in [1.807, 2.05) is 0 Å². The molecule has 0 bridgehead atoms. The van der Waals surface area contributed by atoms with E-state index in [4.69, 9.17) is 46.5 Å². The van der Waals surface area contributed by atoms with E-state index in [0.29, 0.717) is 51.4 Å². The summed E-state index contributed by atoms with van der Waals surface area (Å²) in [7, 11) is -10.1. The second-order valence-corrected chi connectivity index (χ2v) is 33.2. The van der Waals surface area contributed by atoms with Crippen LogP contribution in [0, 0.1) is 0 Å². The summed E-state index contributed by atoms with van der Waals surface area (Å²) in [6, 6.07) is 0. The normalized spacial score (nSPS) is 13.5. The van der Waals surface area contributed by atoms with Crippen LogP contribution in [0.5, 0.6) is 0 Å². The Hall–Kier alpha value is -1.04. The van der Waals surface area contributed by atoms with Gasteiger partial charge in [0.05, 0.1) is 52.9 Å². The van der Waals surface area contributed by atoms with Gasteiger partial charge >= 0.3 is 83.0 Å². The van der Waals surface area contributed by atoms with Crippen molar-refractivity contribution >= 4 is 51.3 Å². The summed E-state index contributed by atoms with van der Waals surface area (Å²) in [5.41, 5.74) is 0. The van der Waals surface area contributed by atoms with Crippen LogP contribution in [-0.4, -0.2) is 126 Å². The van der Waals surface area contributed by atoms with Crippen LogP contribution in [0.4, 0.5) is 0 Å². The minimum atomic E-state index is -5.03. The molecule has 0 saturated carbocycles. The van der Waals surface area contributed by atoms with Crippen molar-refractivity contribution in [3.63, 3.8) is 0 Å². The Morgan fingerprint density at radius 3 is 0.730 bits per heavy atom. The summed E-state index contributed by atoms with van der Waals surface area (Å²) in [6.45, 7) is 10.1. The number of nitrogens with one attached hydrogen (secondary N) is 2. The third-order valence-corrected chi connectivity index (χ3v) is 21.6. The van der Waals surface area contributed by atoms with Crippen molar-refractivity contribution in [2.24, 2.45) is 0 Å². The largest absolute Gasteiger partial charge is 1.00 e. The molecule has 2 N–H and O–H groups in total. The van der Waals surface area contributed by atoms with Crippen molar-refractivity contribution in [1.82, 2.24) is 10.6 Å². The van der Waals surface area contributed by atoms with Crippen LogP contribution < -0.4 is 79.5 Å². The number of esters is 4. The maximum absolute atomic E-state index is 13.1. The van der Waals surface area contributed by atoms with Gasteiger partial charge < -0.3 is 66.9 Å². The molecule has 0 aliphatic carbocycles. The molecular formula is C85H162N2Na2O20P2. The van der Waals surface area contributed by atoms with Gasteiger partial charge in [-0.15, -0.1) is 0 Å². The van der Waals surface area contributed by atoms with E-state index in [9.17, 15) is 47.7 Å². The van der Waals surface area contributed by atoms with Crippen LogP contribution in [0.2, 0.25) is 0 Å². The monoisotopic (exact) mass is 1640 g/mol. The van der Waals surface area contributed by atoms with Gasteiger partial charge in [-0.1, -0.05) is 324 Å². The SMILES string of the molecule is CCCCCCCCCCCCCC(=O)OC(COCC[C@@H](CCCCCCC)OC(=O)CCCCCCCCCCC)COP(=O)([O-])OCCNC(=O)CC(=O)NCCOP(=O)([O-])OCC(COCC[C@@H](CCCCCCC)OC(=O)CCCCCCCCCCC)OC(=O)CCCCCCCCCCCCC.[Na+].[Na+]. The maximum atomic E-state index is 13.1. The van der Waals surface area contributed by atoms with E-state index in [1.165, 1.54) is 154 Å². The second-order valence-electron chi connectivity index (χ2n) is 30.3. The van der Waals surface area contributed by atoms with E-state index in [1.54, 1.807) is 0 Å². The number of ether oxygens (including phenoxy) is 6. The molecule has 0 aromatic rings. The number of rotatable bonds is 86. The molecule has 6 atom stereocenters. The van der Waals surface area contributed by atoms with E-state index in [-0.39, 0.29) is 136 Å². The number of carbonyl (C=O) groups excluding carboxylic acids is 6. The van der Waals surface area contributed by atoms with Gasteiger partial charge in [-0.2, -0.15) is 0 Å². The van der Waals surface area contributed by atoms with Gasteiger partial charge in [0.2, 0.25) is 11.8 Å². The standard InChI is InChI=1S/C85H164N2O20P2.2Na/c1-7-13-19-25-29-33-35-39-43-49-55-61-84(92)106-78(72-98-67-63-76(57-51-45-23-17-11-5)104-82(90)59-53-47-41-37-31-27-21-15-9-3)74-102-108(94,95)100-69-65-86-80(88)71-81(89)87-66-70-101-109(96,97)103-75-79(107-85(93)62-56-50-44-40-36-34-30-26-20-14-8-2)73-99-68-64-77(58-52-46-24-18-12-6)105-83(91)60-54-48-42-38-32-28-22-16-10-4;;/h76-79H,7-75H2,1-6H3,(H,86,88)(H,87,89)(H,94,95)(H,96,97);;/q;2*+1/p-2/t76-,77-,78?,79?;;/m1../s1. The first-order valence-corrected chi connectivity index (χ1v) is 47.5. The maximum Gasteiger partial charge on any atom is 1.00 e. The molecule has 0 radical (unpaired) electrons. The number of unbranched alkanes of at least 4 members (excludes halogenated alkanes) is 44. The molecule has 0 aliphatic rings. The molecule has 0 spiro atoms. The minimum Gasteiger partial charge on any atom is -0.756 e. The van der Waals surface area contributed by atoms with E-state index >= 15 is 0 Å². The summed E-state index contributed by atoms with van der Waals surface area (Å²) < 4.78 is 81.7. The molecule has 111 heavy (non-hydrogen) atoms. The van der Waals surface area contributed by atoms with Crippen LogP contribution in [0.25, 0.3) is 0 Å². The van der Waals surface area contributed by atoms with Crippen molar-refractivity contribution in [3.8, 4) is 0 Å². The summed E-state index contributed by atoms with van der Waals surface area (Å²) >= 11 is 0. The zero-order valence-corrected chi connectivity index (χ0v) is 77.9. The molecule has 0 fully saturated rings. The summed E-state index contributed by atoms with van der Waals surface area (Å²) in [5, 5.41) is 4.80. The fraction of sp³-hybridized carbons (Fsp3) is 0.929. The molecule has 644 valence electrons. The Balaban J connectivity index is -0.0000583. The van der Waals surface area contributed by atoms with Crippen LogP contribution in [0.3, 0.4) is 0 Å². The number of carbonyl (C=O) groups is 6. The molecule has 2 amide bonds. The zero-order valence-electron chi connectivity index (χ0n) is 72.2. The third kappa shape index (κ3) is 82.4. The van der Waals surface area contributed by atoms with E-state index in [0.717, 1.165) is 154 Å². The van der Waals surface area contributed by atoms with Crippen LogP contribution in [-0.2, 0) is 84.4 Å². The first-order chi connectivity index (χ1) is 52.9. The smallest absolute Gasteiger partial charge is 0.756 e. The predicted molar refractivity (Wildman–Crippen MR) is 433 cm³/mol. The number of hydrogen-bond donors (Lipinski definition) is 2. The van der Waals surface area contributed by atoms with Gasteiger partial charge in [0.15, 0.2) is 0 Å². The van der Waals surface area contributed by atoms with Crippen molar-refractivity contribution in [1.29, 1.82) is 0 Å². The molecule has 0 rings (SSSR count). The van der Waals surface area contributed by atoms with E-state index in [2.05, 4.69) is 52.2 Å². The van der Waals surface area contributed by atoms with Crippen LogP contribution >= 0.6 is 15.6 Å². The molecule has 0 heterocycles. The van der Waals surface area contributed by atoms with Gasteiger partial charge in [0.1, 0.15) is 30.8 Å². The van der Waals surface area contributed by atoms with Crippen LogP contribution in [0.1, 0.15) is 420 Å². The fourth-order valence-electron chi connectivity index (χ4n) is 13.0. The molecule has 0 aromatic carbocycles. The summed E-state index contributed by atoms with van der Waals surface area (Å²) in [4.78, 5) is 104. The summed E-state index contributed by atoms with van der Waals surface area (Å²) in [6.07, 6.45) is 55.1. The minimum absolute atomic E-state index is 0. The first kappa shape index (κ1) is 114. The average molecular weight is 1640 g/mol. The third-order valence-electron chi connectivity index (χ3n) is 19.7.